The van der Waals surface area contributed by atoms with Crippen LogP contribution in [0, 0.1) is 6.92 Å². The van der Waals surface area contributed by atoms with E-state index in [1.165, 1.54) is 16.7 Å². The van der Waals surface area contributed by atoms with E-state index in [0.717, 1.165) is 17.9 Å². The maximum atomic E-state index is 12.5. The van der Waals surface area contributed by atoms with Gasteiger partial charge in [0.1, 0.15) is 0 Å². The van der Waals surface area contributed by atoms with Crippen molar-refractivity contribution < 1.29 is 4.79 Å². The van der Waals surface area contributed by atoms with E-state index in [1.54, 1.807) is 0 Å². The molecule has 160 valence electrons. The van der Waals surface area contributed by atoms with Crippen molar-refractivity contribution in [1.29, 1.82) is 0 Å². The lowest BCUT2D eigenvalue weighted by molar-refractivity contribution is 0.0977. The third-order valence-electron chi connectivity index (χ3n) is 5.00. The fraction of sp³-hybridized carbons (Fsp3) is 0.231. The highest BCUT2D eigenvalue weighted by atomic mass is 32.1. The van der Waals surface area contributed by atoms with E-state index in [9.17, 15) is 4.79 Å². The zero-order chi connectivity index (χ0) is 22.4. The SMILES string of the molecule is Cc1ccc(CNc2ccc(NC(=S)NC(=O)c3ccc(C(C)(C)C)cc3)cc2)cc1. The third-order valence-corrected chi connectivity index (χ3v) is 5.20. The highest BCUT2D eigenvalue weighted by Gasteiger charge is 2.14. The fourth-order valence-electron chi connectivity index (χ4n) is 3.04. The molecule has 0 saturated heterocycles. The van der Waals surface area contributed by atoms with Crippen LogP contribution < -0.4 is 16.0 Å². The zero-order valence-electron chi connectivity index (χ0n) is 18.5. The van der Waals surface area contributed by atoms with Gasteiger partial charge in [-0.15, -0.1) is 0 Å². The zero-order valence-corrected chi connectivity index (χ0v) is 19.3. The Morgan fingerprint density at radius 3 is 2.00 bits per heavy atom. The second-order valence-electron chi connectivity index (χ2n) is 8.65. The number of aryl methyl sites for hydroxylation is 1. The monoisotopic (exact) mass is 431 g/mol. The molecule has 0 spiro atoms. The molecule has 0 bridgehead atoms. The van der Waals surface area contributed by atoms with Crippen molar-refractivity contribution in [2.45, 2.75) is 39.7 Å². The molecule has 31 heavy (non-hydrogen) atoms. The van der Waals surface area contributed by atoms with Crippen molar-refractivity contribution in [3.8, 4) is 0 Å². The summed E-state index contributed by atoms with van der Waals surface area (Å²) in [6.45, 7) is 9.27. The van der Waals surface area contributed by atoms with Crippen LogP contribution in [0.5, 0.6) is 0 Å². The number of thiocarbonyl (C=S) groups is 1. The average Bonchev–Trinajstić information content (AvgIpc) is 2.74. The minimum Gasteiger partial charge on any atom is -0.381 e. The second-order valence-corrected chi connectivity index (χ2v) is 9.06. The van der Waals surface area contributed by atoms with Crippen molar-refractivity contribution in [1.82, 2.24) is 5.32 Å². The molecule has 3 aromatic rings. The van der Waals surface area contributed by atoms with Crippen LogP contribution in [-0.2, 0) is 12.0 Å². The number of carbonyl (C=O) groups is 1. The number of hydrogen-bond acceptors (Lipinski definition) is 3. The van der Waals surface area contributed by atoms with Gasteiger partial charge in [0.05, 0.1) is 0 Å². The maximum absolute atomic E-state index is 12.5. The first kappa shape index (κ1) is 22.5. The highest BCUT2D eigenvalue weighted by molar-refractivity contribution is 7.80. The van der Waals surface area contributed by atoms with E-state index in [0.29, 0.717) is 5.56 Å². The predicted molar refractivity (Wildman–Crippen MR) is 134 cm³/mol. The fourth-order valence-corrected chi connectivity index (χ4v) is 3.25. The van der Waals surface area contributed by atoms with Gasteiger partial charge in [-0.05, 0) is 72.1 Å². The van der Waals surface area contributed by atoms with E-state index in [2.05, 4.69) is 67.9 Å². The molecule has 0 radical (unpaired) electrons. The van der Waals surface area contributed by atoms with Crippen molar-refractivity contribution in [3.05, 3.63) is 95.1 Å². The molecule has 0 unspecified atom stereocenters. The molecule has 0 fully saturated rings. The number of benzene rings is 3. The van der Waals surface area contributed by atoms with Crippen LogP contribution in [-0.4, -0.2) is 11.0 Å². The summed E-state index contributed by atoms with van der Waals surface area (Å²) in [5.41, 5.74) is 6.12. The van der Waals surface area contributed by atoms with Crippen LogP contribution in [0.1, 0.15) is 47.8 Å². The average molecular weight is 432 g/mol. The molecule has 0 aromatic heterocycles. The molecular weight excluding hydrogens is 402 g/mol. The number of rotatable bonds is 5. The molecule has 3 rings (SSSR count). The van der Waals surface area contributed by atoms with Crippen LogP contribution in [0.3, 0.4) is 0 Å². The standard InChI is InChI=1S/C26H29N3OS/c1-18-5-7-19(8-6-18)17-27-22-13-15-23(16-14-22)28-25(31)29-24(30)20-9-11-21(12-10-20)26(2,3)4/h5-16,27H,17H2,1-4H3,(H2,28,29,30,31). The molecular formula is C26H29N3OS. The summed E-state index contributed by atoms with van der Waals surface area (Å²) < 4.78 is 0. The summed E-state index contributed by atoms with van der Waals surface area (Å²) in [6.07, 6.45) is 0. The van der Waals surface area contributed by atoms with Crippen LogP contribution >= 0.6 is 12.2 Å². The van der Waals surface area contributed by atoms with Gasteiger partial charge >= 0.3 is 0 Å². The molecule has 0 atom stereocenters. The summed E-state index contributed by atoms with van der Waals surface area (Å²) in [5, 5.41) is 9.46. The lowest BCUT2D eigenvalue weighted by atomic mass is 9.87. The predicted octanol–water partition coefficient (Wildman–Crippen LogP) is 6.03. The Morgan fingerprint density at radius 2 is 1.42 bits per heavy atom. The Balaban J connectivity index is 1.50. The van der Waals surface area contributed by atoms with Crippen molar-refractivity contribution in [3.63, 3.8) is 0 Å². The Bertz CT molecular complexity index is 1030. The molecule has 0 aliphatic heterocycles. The summed E-state index contributed by atoms with van der Waals surface area (Å²) in [5.74, 6) is -0.227. The largest absolute Gasteiger partial charge is 0.381 e. The van der Waals surface area contributed by atoms with Gasteiger partial charge in [-0.1, -0.05) is 62.7 Å². The first-order valence-electron chi connectivity index (χ1n) is 10.3. The number of hydrogen-bond donors (Lipinski definition) is 3. The van der Waals surface area contributed by atoms with Crippen LogP contribution in [0.15, 0.2) is 72.8 Å². The lowest BCUT2D eigenvalue weighted by Gasteiger charge is -2.19. The van der Waals surface area contributed by atoms with E-state index in [1.807, 2.05) is 48.5 Å². The second kappa shape index (κ2) is 9.75. The normalized spacial score (nSPS) is 11.0. The Kier molecular flexibility index (Phi) is 7.08. The van der Waals surface area contributed by atoms with E-state index in [-0.39, 0.29) is 16.4 Å². The van der Waals surface area contributed by atoms with Crippen molar-refractivity contribution >= 4 is 34.6 Å². The van der Waals surface area contributed by atoms with Crippen LogP contribution in [0.25, 0.3) is 0 Å². The highest BCUT2D eigenvalue weighted by Crippen LogP contribution is 2.22. The van der Waals surface area contributed by atoms with Gasteiger partial charge in [-0.2, -0.15) is 0 Å². The molecule has 4 nitrogen and oxygen atoms in total. The first-order valence-corrected chi connectivity index (χ1v) is 10.7. The number of amides is 1. The lowest BCUT2D eigenvalue weighted by Crippen LogP contribution is -2.34. The van der Waals surface area contributed by atoms with Gasteiger partial charge < -0.3 is 10.6 Å². The van der Waals surface area contributed by atoms with Gasteiger partial charge in [0, 0.05) is 23.5 Å². The molecule has 3 N–H and O–H groups in total. The van der Waals surface area contributed by atoms with Crippen molar-refractivity contribution in [2.24, 2.45) is 0 Å². The quantitative estimate of drug-likeness (QED) is 0.432. The maximum Gasteiger partial charge on any atom is 0.257 e. The van der Waals surface area contributed by atoms with E-state index >= 15 is 0 Å². The summed E-state index contributed by atoms with van der Waals surface area (Å²) in [6, 6.07) is 23.9. The Hall–Kier alpha value is -3.18. The molecule has 0 heterocycles. The number of nitrogens with one attached hydrogen (secondary N) is 3. The van der Waals surface area contributed by atoms with Crippen LogP contribution in [0.4, 0.5) is 11.4 Å². The molecule has 0 saturated carbocycles. The minimum atomic E-state index is -0.227. The van der Waals surface area contributed by atoms with Gasteiger partial charge in [-0.3, -0.25) is 10.1 Å². The molecule has 1 amide bonds. The summed E-state index contributed by atoms with van der Waals surface area (Å²) in [4.78, 5) is 12.5. The summed E-state index contributed by atoms with van der Waals surface area (Å²) in [7, 11) is 0. The van der Waals surface area contributed by atoms with Crippen molar-refractivity contribution in [2.75, 3.05) is 10.6 Å². The third kappa shape index (κ3) is 6.66. The smallest absolute Gasteiger partial charge is 0.257 e. The molecule has 0 aliphatic rings. The molecule has 0 aliphatic carbocycles. The van der Waals surface area contributed by atoms with Gasteiger partial charge in [0.25, 0.3) is 5.91 Å². The number of carbonyl (C=O) groups excluding carboxylic acids is 1. The van der Waals surface area contributed by atoms with E-state index in [4.69, 9.17) is 12.2 Å². The molecule has 5 heteroatoms. The van der Waals surface area contributed by atoms with Gasteiger partial charge in [-0.25, -0.2) is 0 Å². The number of anilines is 2. The Morgan fingerprint density at radius 1 is 0.839 bits per heavy atom. The minimum absolute atomic E-state index is 0.0486. The first-order chi connectivity index (χ1) is 14.7. The molecule has 3 aromatic carbocycles. The van der Waals surface area contributed by atoms with Crippen LogP contribution in [0.2, 0.25) is 0 Å². The topological polar surface area (TPSA) is 53.2 Å². The summed E-state index contributed by atoms with van der Waals surface area (Å²) >= 11 is 5.30. The Labute approximate surface area is 190 Å². The van der Waals surface area contributed by atoms with Gasteiger partial charge in [0.15, 0.2) is 5.11 Å². The van der Waals surface area contributed by atoms with E-state index < -0.39 is 0 Å². The van der Waals surface area contributed by atoms with Gasteiger partial charge in [0.2, 0.25) is 0 Å².